The van der Waals surface area contributed by atoms with Crippen LogP contribution in [0.15, 0.2) is 47.3 Å². The summed E-state index contributed by atoms with van der Waals surface area (Å²) >= 11 is 1.18. The molecule has 2 heterocycles. The number of hydrogen-bond acceptors (Lipinski definition) is 5. The van der Waals surface area contributed by atoms with Gasteiger partial charge in [0.1, 0.15) is 11.9 Å². The molecule has 4 rings (SSSR count). The molecule has 2 aromatic heterocycles. The average molecular weight is 359 g/mol. The molecule has 8 heteroatoms. The van der Waals surface area contributed by atoms with E-state index in [4.69, 9.17) is 4.74 Å². The maximum atomic E-state index is 13.7. The largest absolute Gasteiger partial charge is 0.480 e. The Hall–Kier alpha value is -2.87. The van der Waals surface area contributed by atoms with Gasteiger partial charge in [-0.3, -0.25) is 4.79 Å². The van der Waals surface area contributed by atoms with Crippen LogP contribution in [0, 0.1) is 11.6 Å². The quantitative estimate of drug-likeness (QED) is 0.559. The predicted octanol–water partition coefficient (Wildman–Crippen LogP) is 3.72. The molecule has 0 aliphatic carbocycles. The van der Waals surface area contributed by atoms with Gasteiger partial charge in [0.25, 0.3) is 5.56 Å². The van der Waals surface area contributed by atoms with Crippen LogP contribution in [0.5, 0.6) is 5.75 Å². The first-order valence-corrected chi connectivity index (χ1v) is 8.25. The molecular formula is C17H11F2N3O2S. The summed E-state index contributed by atoms with van der Waals surface area (Å²) in [4.78, 5) is 17.3. The highest BCUT2D eigenvalue weighted by molar-refractivity contribution is 7.16. The van der Waals surface area contributed by atoms with Crippen molar-refractivity contribution in [3.63, 3.8) is 0 Å². The summed E-state index contributed by atoms with van der Waals surface area (Å²) < 4.78 is 33.4. The SMILES string of the molecule is C[C@H](Oc1ccc(F)cc1F)c1nn2c(=O)c3ccccc3nc2s1. The minimum absolute atomic E-state index is 0.0846. The van der Waals surface area contributed by atoms with Gasteiger partial charge in [-0.2, -0.15) is 9.61 Å². The number of ether oxygens (including phenoxy) is 1. The van der Waals surface area contributed by atoms with E-state index >= 15 is 0 Å². The van der Waals surface area contributed by atoms with E-state index in [1.54, 1.807) is 31.2 Å². The van der Waals surface area contributed by atoms with Crippen LogP contribution in [0.3, 0.4) is 0 Å². The van der Waals surface area contributed by atoms with Crippen LogP contribution >= 0.6 is 11.3 Å². The molecule has 2 aromatic carbocycles. The van der Waals surface area contributed by atoms with Crippen LogP contribution in [-0.4, -0.2) is 14.6 Å². The molecule has 0 fully saturated rings. The Morgan fingerprint density at radius 2 is 2.00 bits per heavy atom. The Morgan fingerprint density at radius 1 is 1.20 bits per heavy atom. The van der Waals surface area contributed by atoms with Crippen molar-refractivity contribution < 1.29 is 13.5 Å². The Balaban J connectivity index is 1.75. The highest BCUT2D eigenvalue weighted by Crippen LogP contribution is 2.27. The molecule has 0 bridgehead atoms. The van der Waals surface area contributed by atoms with Gasteiger partial charge in [-0.15, -0.1) is 0 Å². The van der Waals surface area contributed by atoms with Crippen molar-refractivity contribution >= 4 is 27.2 Å². The van der Waals surface area contributed by atoms with Crippen LogP contribution in [-0.2, 0) is 0 Å². The molecule has 0 radical (unpaired) electrons. The number of fused-ring (bicyclic) bond motifs is 2. The smallest absolute Gasteiger partial charge is 0.283 e. The van der Waals surface area contributed by atoms with Crippen molar-refractivity contribution in [2.45, 2.75) is 13.0 Å². The zero-order valence-corrected chi connectivity index (χ0v) is 13.8. The lowest BCUT2D eigenvalue weighted by atomic mass is 10.2. The summed E-state index contributed by atoms with van der Waals surface area (Å²) in [6.07, 6.45) is -0.630. The van der Waals surface area contributed by atoms with Crippen molar-refractivity contribution in [3.8, 4) is 5.75 Å². The third kappa shape index (κ3) is 2.74. The molecule has 1 atom stereocenters. The van der Waals surface area contributed by atoms with Crippen molar-refractivity contribution in [2.24, 2.45) is 0 Å². The van der Waals surface area contributed by atoms with E-state index in [2.05, 4.69) is 10.1 Å². The molecule has 0 unspecified atom stereocenters. The van der Waals surface area contributed by atoms with Crippen molar-refractivity contribution in [3.05, 3.63) is 69.5 Å². The highest BCUT2D eigenvalue weighted by Gasteiger charge is 2.18. The number of nitrogens with zero attached hydrogens (tertiary/aromatic N) is 3. The van der Waals surface area contributed by atoms with Gasteiger partial charge >= 0.3 is 0 Å². The lowest BCUT2D eigenvalue weighted by Gasteiger charge is -2.12. The summed E-state index contributed by atoms with van der Waals surface area (Å²) in [5, 5.41) is 5.17. The van der Waals surface area contributed by atoms with E-state index in [1.165, 1.54) is 21.9 Å². The summed E-state index contributed by atoms with van der Waals surface area (Å²) in [6, 6.07) is 10.1. The molecule has 0 spiro atoms. The standard InChI is InChI=1S/C17H11F2N3O2S/c1-9(24-14-7-6-10(18)8-12(14)19)15-21-22-16(23)11-4-2-3-5-13(11)20-17(22)25-15/h2-9H,1H3/t9-/m0/s1. The molecule has 0 saturated carbocycles. The molecule has 0 amide bonds. The molecular weight excluding hydrogens is 348 g/mol. The second kappa shape index (κ2) is 5.89. The van der Waals surface area contributed by atoms with Crippen LogP contribution in [0.2, 0.25) is 0 Å². The summed E-state index contributed by atoms with van der Waals surface area (Å²) in [7, 11) is 0. The number of para-hydroxylation sites is 1. The third-order valence-corrected chi connectivity index (χ3v) is 4.73. The maximum absolute atomic E-state index is 13.7. The molecule has 0 aliphatic heterocycles. The Kier molecular flexibility index (Phi) is 3.69. The van der Waals surface area contributed by atoms with E-state index in [1.807, 2.05) is 0 Å². The van der Waals surface area contributed by atoms with Gasteiger partial charge in [-0.1, -0.05) is 23.5 Å². The van der Waals surface area contributed by atoms with E-state index in [-0.39, 0.29) is 11.3 Å². The first kappa shape index (κ1) is 15.6. The highest BCUT2D eigenvalue weighted by atomic mass is 32.1. The maximum Gasteiger partial charge on any atom is 0.283 e. The third-order valence-electron chi connectivity index (χ3n) is 3.66. The molecule has 126 valence electrons. The molecule has 0 aliphatic rings. The average Bonchev–Trinajstić information content (AvgIpc) is 3.02. The second-order valence-corrected chi connectivity index (χ2v) is 6.39. The van der Waals surface area contributed by atoms with Crippen LogP contribution in [0.25, 0.3) is 15.9 Å². The van der Waals surface area contributed by atoms with Gasteiger partial charge in [-0.25, -0.2) is 13.8 Å². The zero-order chi connectivity index (χ0) is 17.6. The van der Waals surface area contributed by atoms with Crippen LogP contribution < -0.4 is 10.3 Å². The topological polar surface area (TPSA) is 56.5 Å². The predicted molar refractivity (Wildman–Crippen MR) is 90.0 cm³/mol. The fraction of sp³-hybridized carbons (Fsp3) is 0.118. The first-order chi connectivity index (χ1) is 12.0. The lowest BCUT2D eigenvalue weighted by Crippen LogP contribution is -2.15. The van der Waals surface area contributed by atoms with Crippen molar-refractivity contribution in [1.82, 2.24) is 14.6 Å². The molecule has 0 N–H and O–H groups in total. The van der Waals surface area contributed by atoms with Crippen LogP contribution in [0.4, 0.5) is 8.78 Å². The molecule has 0 saturated heterocycles. The van der Waals surface area contributed by atoms with E-state index in [0.717, 1.165) is 12.1 Å². The summed E-state index contributed by atoms with van der Waals surface area (Å²) in [6.45, 7) is 1.67. The monoisotopic (exact) mass is 359 g/mol. The normalized spacial score (nSPS) is 12.6. The number of halogens is 2. The number of rotatable bonds is 3. The summed E-state index contributed by atoms with van der Waals surface area (Å²) in [5.74, 6) is -1.56. The van der Waals surface area contributed by atoms with E-state index in [9.17, 15) is 13.6 Å². The van der Waals surface area contributed by atoms with Gasteiger partial charge in [0.2, 0.25) is 4.96 Å². The lowest BCUT2D eigenvalue weighted by molar-refractivity contribution is 0.214. The van der Waals surface area contributed by atoms with Crippen molar-refractivity contribution in [2.75, 3.05) is 0 Å². The molecule has 5 nitrogen and oxygen atoms in total. The second-order valence-electron chi connectivity index (χ2n) is 5.40. The van der Waals surface area contributed by atoms with Gasteiger partial charge in [0.15, 0.2) is 16.6 Å². The van der Waals surface area contributed by atoms with Crippen LogP contribution in [0.1, 0.15) is 18.0 Å². The van der Waals surface area contributed by atoms with Crippen molar-refractivity contribution in [1.29, 1.82) is 0 Å². The zero-order valence-electron chi connectivity index (χ0n) is 12.9. The minimum Gasteiger partial charge on any atom is -0.480 e. The fourth-order valence-electron chi connectivity index (χ4n) is 2.45. The van der Waals surface area contributed by atoms with Gasteiger partial charge < -0.3 is 4.74 Å². The fourth-order valence-corrected chi connectivity index (χ4v) is 3.32. The van der Waals surface area contributed by atoms with Gasteiger partial charge in [0.05, 0.1) is 10.9 Å². The molecule has 4 aromatic rings. The number of benzene rings is 2. The minimum atomic E-state index is -0.797. The van der Waals surface area contributed by atoms with Gasteiger partial charge in [0, 0.05) is 6.07 Å². The molecule has 25 heavy (non-hydrogen) atoms. The number of aromatic nitrogens is 3. The summed E-state index contributed by atoms with van der Waals surface area (Å²) in [5.41, 5.74) is 0.309. The van der Waals surface area contributed by atoms with Gasteiger partial charge in [-0.05, 0) is 31.2 Å². The Bertz CT molecular complexity index is 1160. The van der Waals surface area contributed by atoms with E-state index in [0.29, 0.717) is 20.9 Å². The van der Waals surface area contributed by atoms with E-state index < -0.39 is 17.7 Å². The first-order valence-electron chi connectivity index (χ1n) is 7.43. The number of hydrogen-bond donors (Lipinski definition) is 0. The Labute approximate surface area is 144 Å². The Morgan fingerprint density at radius 3 is 2.80 bits per heavy atom.